The maximum absolute atomic E-state index is 5.46. The Morgan fingerprint density at radius 3 is 2.38 bits per heavy atom. The first-order valence-corrected chi connectivity index (χ1v) is 6.80. The van der Waals surface area contributed by atoms with Crippen LogP contribution in [0.5, 0.6) is 0 Å². The molecule has 0 radical (unpaired) electrons. The molecule has 0 atom stereocenters. The highest BCUT2D eigenvalue weighted by Crippen LogP contribution is 2.19. The molecule has 0 bridgehead atoms. The highest BCUT2D eigenvalue weighted by molar-refractivity contribution is 4.84. The number of nitrogens with two attached hydrogens (primary N) is 1. The van der Waals surface area contributed by atoms with Crippen LogP contribution in [-0.2, 0) is 4.74 Å². The van der Waals surface area contributed by atoms with Crippen LogP contribution in [0.15, 0.2) is 0 Å². The van der Waals surface area contributed by atoms with Gasteiger partial charge in [-0.3, -0.25) is 0 Å². The number of hydrogen-bond acceptors (Lipinski definition) is 3. The Kier molecular flexibility index (Phi) is 7.01. The summed E-state index contributed by atoms with van der Waals surface area (Å²) in [5.41, 5.74) is 5.79. The van der Waals surface area contributed by atoms with Crippen molar-refractivity contribution >= 4 is 0 Å². The van der Waals surface area contributed by atoms with E-state index in [9.17, 15) is 0 Å². The van der Waals surface area contributed by atoms with Gasteiger partial charge in [0.15, 0.2) is 0 Å². The topological polar surface area (TPSA) is 47.3 Å². The van der Waals surface area contributed by atoms with Gasteiger partial charge in [-0.2, -0.15) is 0 Å². The van der Waals surface area contributed by atoms with Crippen molar-refractivity contribution < 1.29 is 4.74 Å². The molecular weight excluding hydrogens is 200 g/mol. The summed E-state index contributed by atoms with van der Waals surface area (Å²) < 4.78 is 5.38. The molecule has 1 saturated heterocycles. The summed E-state index contributed by atoms with van der Waals surface area (Å²) in [5, 5.41) is 3.68. The quantitative estimate of drug-likeness (QED) is 0.625. The molecule has 1 aliphatic heterocycles. The van der Waals surface area contributed by atoms with Crippen molar-refractivity contribution in [3.05, 3.63) is 0 Å². The van der Waals surface area contributed by atoms with Gasteiger partial charge in [-0.25, -0.2) is 0 Å². The van der Waals surface area contributed by atoms with Gasteiger partial charge in [0.2, 0.25) is 0 Å². The van der Waals surface area contributed by atoms with E-state index in [0.29, 0.717) is 5.54 Å². The van der Waals surface area contributed by atoms with Crippen LogP contribution in [0.25, 0.3) is 0 Å². The van der Waals surface area contributed by atoms with Crippen LogP contribution < -0.4 is 11.1 Å². The predicted molar refractivity (Wildman–Crippen MR) is 68.6 cm³/mol. The Balaban J connectivity index is 1.93. The van der Waals surface area contributed by atoms with Crippen molar-refractivity contribution in [2.45, 2.75) is 57.4 Å². The zero-order valence-corrected chi connectivity index (χ0v) is 10.8. The SMILES string of the molecule is CC1(NCCCCCCCN)CCOCC1. The molecule has 0 amide bonds. The Morgan fingerprint density at radius 2 is 1.69 bits per heavy atom. The van der Waals surface area contributed by atoms with Crippen LogP contribution in [0.1, 0.15) is 51.9 Å². The lowest BCUT2D eigenvalue weighted by atomic mass is 9.92. The first kappa shape index (κ1) is 13.9. The first-order valence-electron chi connectivity index (χ1n) is 6.80. The van der Waals surface area contributed by atoms with Gasteiger partial charge < -0.3 is 15.8 Å². The molecule has 0 aromatic carbocycles. The largest absolute Gasteiger partial charge is 0.381 e. The van der Waals surface area contributed by atoms with E-state index in [-0.39, 0.29) is 0 Å². The minimum absolute atomic E-state index is 0.329. The average molecular weight is 228 g/mol. The molecule has 0 aromatic rings. The maximum atomic E-state index is 5.46. The highest BCUT2D eigenvalue weighted by atomic mass is 16.5. The maximum Gasteiger partial charge on any atom is 0.0483 e. The van der Waals surface area contributed by atoms with Crippen LogP contribution in [0.2, 0.25) is 0 Å². The van der Waals surface area contributed by atoms with Gasteiger partial charge in [0.05, 0.1) is 0 Å². The lowest BCUT2D eigenvalue weighted by Crippen LogP contribution is -2.47. The van der Waals surface area contributed by atoms with Crippen molar-refractivity contribution in [2.75, 3.05) is 26.3 Å². The first-order chi connectivity index (χ1) is 7.77. The summed E-state index contributed by atoms with van der Waals surface area (Å²) in [4.78, 5) is 0. The van der Waals surface area contributed by atoms with E-state index in [0.717, 1.165) is 39.1 Å². The molecule has 16 heavy (non-hydrogen) atoms. The number of hydrogen-bond donors (Lipinski definition) is 2. The molecule has 1 rings (SSSR count). The number of unbranched alkanes of at least 4 members (excludes halogenated alkanes) is 4. The summed E-state index contributed by atoms with van der Waals surface area (Å²) in [5.74, 6) is 0. The molecule has 96 valence electrons. The predicted octanol–water partition coefficient (Wildman–Crippen LogP) is 2.05. The molecular formula is C13H28N2O. The third-order valence-electron chi connectivity index (χ3n) is 3.53. The fourth-order valence-corrected chi connectivity index (χ4v) is 2.19. The summed E-state index contributed by atoms with van der Waals surface area (Å²) >= 11 is 0. The molecule has 1 aliphatic rings. The van der Waals surface area contributed by atoms with Gasteiger partial charge in [-0.15, -0.1) is 0 Å². The van der Waals surface area contributed by atoms with E-state index in [1.807, 2.05) is 0 Å². The number of ether oxygens (including phenoxy) is 1. The summed E-state index contributed by atoms with van der Waals surface area (Å²) in [6.07, 6.45) is 8.74. The van der Waals surface area contributed by atoms with E-state index in [2.05, 4.69) is 12.2 Å². The fraction of sp³-hybridized carbons (Fsp3) is 1.00. The Hall–Kier alpha value is -0.120. The van der Waals surface area contributed by atoms with Crippen molar-refractivity contribution in [3.63, 3.8) is 0 Å². The molecule has 0 saturated carbocycles. The lowest BCUT2D eigenvalue weighted by molar-refractivity contribution is 0.0453. The number of rotatable bonds is 8. The van der Waals surface area contributed by atoms with E-state index >= 15 is 0 Å². The van der Waals surface area contributed by atoms with Gasteiger partial charge in [-0.1, -0.05) is 19.3 Å². The minimum atomic E-state index is 0.329. The molecule has 3 N–H and O–H groups in total. The second kappa shape index (κ2) is 8.04. The molecule has 0 unspecified atom stereocenters. The van der Waals surface area contributed by atoms with Gasteiger partial charge >= 0.3 is 0 Å². The summed E-state index contributed by atoms with van der Waals surface area (Å²) in [6.45, 7) is 6.15. The monoisotopic (exact) mass is 228 g/mol. The zero-order valence-electron chi connectivity index (χ0n) is 10.8. The van der Waals surface area contributed by atoms with Crippen molar-refractivity contribution in [2.24, 2.45) is 5.73 Å². The van der Waals surface area contributed by atoms with Crippen LogP contribution in [-0.4, -0.2) is 31.8 Å². The molecule has 0 spiro atoms. The average Bonchev–Trinajstić information content (AvgIpc) is 2.29. The molecule has 3 nitrogen and oxygen atoms in total. The van der Waals surface area contributed by atoms with Crippen LogP contribution in [0.4, 0.5) is 0 Å². The standard InChI is InChI=1S/C13H28N2O/c1-13(7-11-16-12-8-13)15-10-6-4-2-3-5-9-14/h15H,2-12,14H2,1H3. The lowest BCUT2D eigenvalue weighted by Gasteiger charge is -2.34. The molecule has 3 heteroatoms. The molecule has 1 heterocycles. The second-order valence-corrected chi connectivity index (χ2v) is 5.16. The van der Waals surface area contributed by atoms with E-state index in [1.165, 1.54) is 32.1 Å². The van der Waals surface area contributed by atoms with Gasteiger partial charge in [0.25, 0.3) is 0 Å². The van der Waals surface area contributed by atoms with Crippen molar-refractivity contribution in [3.8, 4) is 0 Å². The van der Waals surface area contributed by atoms with E-state index < -0.39 is 0 Å². The van der Waals surface area contributed by atoms with Crippen molar-refractivity contribution in [1.29, 1.82) is 0 Å². The van der Waals surface area contributed by atoms with Crippen LogP contribution in [0.3, 0.4) is 0 Å². The summed E-state index contributed by atoms with van der Waals surface area (Å²) in [7, 11) is 0. The van der Waals surface area contributed by atoms with Gasteiger partial charge in [0.1, 0.15) is 0 Å². The van der Waals surface area contributed by atoms with Crippen LogP contribution >= 0.6 is 0 Å². The minimum Gasteiger partial charge on any atom is -0.381 e. The van der Waals surface area contributed by atoms with Crippen molar-refractivity contribution in [1.82, 2.24) is 5.32 Å². The Morgan fingerprint density at radius 1 is 1.06 bits per heavy atom. The smallest absolute Gasteiger partial charge is 0.0483 e. The fourth-order valence-electron chi connectivity index (χ4n) is 2.19. The highest BCUT2D eigenvalue weighted by Gasteiger charge is 2.25. The molecule has 0 aromatic heterocycles. The van der Waals surface area contributed by atoms with E-state index in [4.69, 9.17) is 10.5 Å². The Bertz CT molecular complexity index is 167. The summed E-state index contributed by atoms with van der Waals surface area (Å²) in [6, 6.07) is 0. The molecule has 0 aliphatic carbocycles. The second-order valence-electron chi connectivity index (χ2n) is 5.16. The van der Waals surface area contributed by atoms with Gasteiger partial charge in [-0.05, 0) is 45.7 Å². The third kappa shape index (κ3) is 5.83. The van der Waals surface area contributed by atoms with E-state index in [1.54, 1.807) is 0 Å². The Labute approximate surface area is 100 Å². The zero-order chi connectivity index (χ0) is 11.7. The normalized spacial score (nSPS) is 19.9. The van der Waals surface area contributed by atoms with Gasteiger partial charge in [0, 0.05) is 18.8 Å². The van der Waals surface area contributed by atoms with Crippen LogP contribution in [0, 0.1) is 0 Å². The third-order valence-corrected chi connectivity index (χ3v) is 3.53. The number of nitrogens with one attached hydrogen (secondary N) is 1. The molecule has 1 fully saturated rings.